The summed E-state index contributed by atoms with van der Waals surface area (Å²) in [5.74, 6) is 0.260. The summed E-state index contributed by atoms with van der Waals surface area (Å²) in [7, 11) is 4.14. The molecule has 1 aromatic heterocycles. The largest absolute Gasteiger partial charge is 0.342 e. The number of aromatic nitrogens is 2. The van der Waals surface area contributed by atoms with Gasteiger partial charge in [-0.05, 0) is 50.6 Å². The van der Waals surface area contributed by atoms with Crippen LogP contribution < -0.4 is 5.32 Å². The summed E-state index contributed by atoms with van der Waals surface area (Å²) in [6.07, 6.45) is 0.957. The van der Waals surface area contributed by atoms with E-state index in [9.17, 15) is 4.79 Å². The maximum atomic E-state index is 13.0. The lowest BCUT2D eigenvalue weighted by Crippen LogP contribution is -2.41. The molecule has 5 nitrogen and oxygen atoms in total. The molecular formula is C20H28N4O. The number of likely N-dealkylation sites (N-methyl/N-ethyl adjacent to an activating group) is 1. The van der Waals surface area contributed by atoms with Gasteiger partial charge in [-0.2, -0.15) is 5.10 Å². The minimum Gasteiger partial charge on any atom is -0.342 e. The Hall–Kier alpha value is -2.14. The molecule has 0 fully saturated rings. The first kappa shape index (κ1) is 17.7. The van der Waals surface area contributed by atoms with Crippen LogP contribution in [0.3, 0.4) is 0 Å². The van der Waals surface area contributed by atoms with Gasteiger partial charge in [0, 0.05) is 12.6 Å². The van der Waals surface area contributed by atoms with Crippen LogP contribution in [0.5, 0.6) is 0 Å². The lowest BCUT2D eigenvalue weighted by Gasteiger charge is -2.27. The molecule has 0 bridgehead atoms. The number of benzene rings is 1. The van der Waals surface area contributed by atoms with Crippen molar-refractivity contribution in [1.82, 2.24) is 20.0 Å². The lowest BCUT2D eigenvalue weighted by atomic mass is 10.1. The maximum Gasteiger partial charge on any atom is 0.270 e. The molecule has 0 radical (unpaired) electrons. The van der Waals surface area contributed by atoms with E-state index in [-0.39, 0.29) is 18.0 Å². The van der Waals surface area contributed by atoms with Gasteiger partial charge >= 0.3 is 0 Å². The Bertz CT molecular complexity index is 763. The quantitative estimate of drug-likeness (QED) is 0.910. The van der Waals surface area contributed by atoms with E-state index in [0.717, 1.165) is 12.1 Å². The van der Waals surface area contributed by atoms with Gasteiger partial charge in [0.2, 0.25) is 0 Å². The standard InChI is InChI=1S/C20H28N4O/c1-6-24-18(12-16(22-24)13(2)3)20(25)21-19-15-10-8-7-9-14(15)11-17(19)23(4)5/h7-10,12-13,17,19H,6,11H2,1-5H3,(H,21,25)/t17-,19-/m1/s1. The Labute approximate surface area is 150 Å². The van der Waals surface area contributed by atoms with E-state index < -0.39 is 0 Å². The number of rotatable bonds is 5. The molecule has 1 aliphatic rings. The van der Waals surface area contributed by atoms with Crippen LogP contribution >= 0.6 is 0 Å². The third kappa shape index (κ3) is 3.33. The SMILES string of the molecule is CCn1nc(C(C)C)cc1C(=O)N[C@@H]1c2ccccc2C[C@H]1N(C)C. The van der Waals surface area contributed by atoms with Gasteiger partial charge in [-0.15, -0.1) is 0 Å². The molecule has 1 amide bonds. The summed E-state index contributed by atoms with van der Waals surface area (Å²) in [5.41, 5.74) is 4.15. The van der Waals surface area contributed by atoms with Crippen LogP contribution in [0.4, 0.5) is 0 Å². The van der Waals surface area contributed by atoms with E-state index in [1.807, 2.05) is 19.1 Å². The lowest BCUT2D eigenvalue weighted by molar-refractivity contribution is 0.0904. The number of amides is 1. The number of carbonyl (C=O) groups excluding carboxylic acids is 1. The number of fused-ring (bicyclic) bond motifs is 1. The number of hydrogen-bond donors (Lipinski definition) is 1. The molecule has 2 atom stereocenters. The summed E-state index contributed by atoms with van der Waals surface area (Å²) >= 11 is 0. The molecule has 134 valence electrons. The zero-order valence-corrected chi connectivity index (χ0v) is 15.8. The second kappa shape index (κ2) is 7.00. The molecule has 1 aromatic carbocycles. The fraction of sp³-hybridized carbons (Fsp3) is 0.500. The molecule has 0 unspecified atom stereocenters. The minimum absolute atomic E-state index is 0.00130. The van der Waals surface area contributed by atoms with E-state index in [1.165, 1.54) is 11.1 Å². The van der Waals surface area contributed by atoms with Crippen molar-refractivity contribution in [1.29, 1.82) is 0 Å². The number of hydrogen-bond acceptors (Lipinski definition) is 3. The van der Waals surface area contributed by atoms with Crippen LogP contribution in [0.25, 0.3) is 0 Å². The topological polar surface area (TPSA) is 50.2 Å². The molecule has 1 heterocycles. The van der Waals surface area contributed by atoms with Gasteiger partial charge in [0.25, 0.3) is 5.91 Å². The van der Waals surface area contributed by atoms with Gasteiger partial charge in [0.15, 0.2) is 0 Å². The second-order valence-corrected chi connectivity index (χ2v) is 7.31. The molecular weight excluding hydrogens is 312 g/mol. The monoisotopic (exact) mass is 340 g/mol. The Morgan fingerprint density at radius 1 is 1.36 bits per heavy atom. The molecule has 0 aliphatic heterocycles. The molecule has 1 aliphatic carbocycles. The van der Waals surface area contributed by atoms with Crippen LogP contribution in [-0.4, -0.2) is 40.7 Å². The summed E-state index contributed by atoms with van der Waals surface area (Å²) in [6.45, 7) is 6.90. The molecule has 1 N–H and O–H groups in total. The molecule has 3 rings (SSSR count). The van der Waals surface area contributed by atoms with Crippen LogP contribution in [0.2, 0.25) is 0 Å². The highest BCUT2D eigenvalue weighted by Gasteiger charge is 2.35. The van der Waals surface area contributed by atoms with Crippen molar-refractivity contribution < 1.29 is 4.79 Å². The van der Waals surface area contributed by atoms with E-state index in [4.69, 9.17) is 0 Å². The number of aryl methyl sites for hydroxylation is 1. The number of carbonyl (C=O) groups is 1. The Morgan fingerprint density at radius 2 is 2.08 bits per heavy atom. The second-order valence-electron chi connectivity index (χ2n) is 7.31. The predicted octanol–water partition coefficient (Wildman–Crippen LogP) is 2.98. The zero-order valence-electron chi connectivity index (χ0n) is 15.8. The van der Waals surface area contributed by atoms with E-state index in [1.54, 1.807) is 4.68 Å². The average molecular weight is 340 g/mol. The average Bonchev–Trinajstić information content (AvgIpc) is 3.17. The van der Waals surface area contributed by atoms with Crippen molar-refractivity contribution in [2.24, 2.45) is 0 Å². The fourth-order valence-corrected chi connectivity index (χ4v) is 3.59. The molecule has 2 aromatic rings. The van der Waals surface area contributed by atoms with Crippen molar-refractivity contribution in [3.8, 4) is 0 Å². The third-order valence-corrected chi connectivity index (χ3v) is 5.08. The van der Waals surface area contributed by atoms with Crippen molar-refractivity contribution in [3.63, 3.8) is 0 Å². The van der Waals surface area contributed by atoms with Crippen LogP contribution in [0, 0.1) is 0 Å². The van der Waals surface area contributed by atoms with Gasteiger partial charge in [-0.3, -0.25) is 9.48 Å². The Morgan fingerprint density at radius 3 is 2.72 bits per heavy atom. The Kier molecular flexibility index (Phi) is 4.95. The van der Waals surface area contributed by atoms with Crippen molar-refractivity contribution in [2.45, 2.75) is 51.7 Å². The van der Waals surface area contributed by atoms with Crippen molar-refractivity contribution in [3.05, 3.63) is 52.8 Å². The van der Waals surface area contributed by atoms with E-state index in [2.05, 4.69) is 61.5 Å². The summed E-state index contributed by atoms with van der Waals surface area (Å²) in [4.78, 5) is 15.2. The highest BCUT2D eigenvalue weighted by molar-refractivity contribution is 5.93. The molecule has 5 heteroatoms. The first-order valence-corrected chi connectivity index (χ1v) is 9.05. The highest BCUT2D eigenvalue weighted by Crippen LogP contribution is 2.33. The van der Waals surface area contributed by atoms with Crippen molar-refractivity contribution in [2.75, 3.05) is 14.1 Å². The molecule has 0 spiro atoms. The Balaban J connectivity index is 1.89. The number of nitrogens with one attached hydrogen (secondary N) is 1. The first-order chi connectivity index (χ1) is 11.9. The smallest absolute Gasteiger partial charge is 0.270 e. The van der Waals surface area contributed by atoms with Crippen LogP contribution in [-0.2, 0) is 13.0 Å². The first-order valence-electron chi connectivity index (χ1n) is 9.05. The third-order valence-electron chi connectivity index (χ3n) is 5.08. The zero-order chi connectivity index (χ0) is 18.1. The van der Waals surface area contributed by atoms with Gasteiger partial charge in [-0.1, -0.05) is 38.1 Å². The van der Waals surface area contributed by atoms with E-state index in [0.29, 0.717) is 18.2 Å². The van der Waals surface area contributed by atoms with Gasteiger partial charge in [0.1, 0.15) is 5.69 Å². The fourth-order valence-electron chi connectivity index (χ4n) is 3.59. The molecule has 0 saturated heterocycles. The van der Waals surface area contributed by atoms with Gasteiger partial charge in [0.05, 0.1) is 11.7 Å². The molecule has 25 heavy (non-hydrogen) atoms. The van der Waals surface area contributed by atoms with Gasteiger partial charge in [-0.25, -0.2) is 0 Å². The summed E-state index contributed by atoms with van der Waals surface area (Å²) < 4.78 is 1.80. The summed E-state index contributed by atoms with van der Waals surface area (Å²) in [6, 6.07) is 10.6. The maximum absolute atomic E-state index is 13.0. The number of nitrogens with zero attached hydrogens (tertiary/aromatic N) is 3. The molecule has 0 saturated carbocycles. The normalized spacial score (nSPS) is 19.5. The van der Waals surface area contributed by atoms with Crippen LogP contribution in [0.1, 0.15) is 60.0 Å². The van der Waals surface area contributed by atoms with Gasteiger partial charge < -0.3 is 10.2 Å². The van der Waals surface area contributed by atoms with E-state index >= 15 is 0 Å². The van der Waals surface area contributed by atoms with Crippen LogP contribution in [0.15, 0.2) is 30.3 Å². The highest BCUT2D eigenvalue weighted by atomic mass is 16.2. The summed E-state index contributed by atoms with van der Waals surface area (Å²) in [5, 5.41) is 7.84. The van der Waals surface area contributed by atoms with Crippen molar-refractivity contribution >= 4 is 5.91 Å². The predicted molar refractivity (Wildman–Crippen MR) is 99.8 cm³/mol. The minimum atomic E-state index is -0.0465.